The highest BCUT2D eigenvalue weighted by molar-refractivity contribution is 7.91. The van der Waals surface area contributed by atoms with Gasteiger partial charge in [-0.05, 0) is 25.2 Å². The zero-order valence-corrected chi connectivity index (χ0v) is 10.3. The number of hydrogen-bond donors (Lipinski definition) is 1. The normalized spacial score (nSPS) is 30.1. The lowest BCUT2D eigenvalue weighted by Crippen LogP contribution is -2.40. The Hall–Kier alpha value is -0.130. The fourth-order valence-electron chi connectivity index (χ4n) is 2.29. The molecule has 1 saturated carbocycles. The van der Waals surface area contributed by atoms with E-state index in [1.165, 1.54) is 6.26 Å². The zero-order chi connectivity index (χ0) is 11.5. The van der Waals surface area contributed by atoms with E-state index in [1.807, 2.05) is 0 Å². The van der Waals surface area contributed by atoms with Crippen LogP contribution in [0.4, 0.5) is 0 Å². The summed E-state index contributed by atoms with van der Waals surface area (Å²) >= 11 is 0. The molecule has 0 heterocycles. The summed E-state index contributed by atoms with van der Waals surface area (Å²) in [7, 11) is -1.28. The van der Waals surface area contributed by atoms with Gasteiger partial charge in [0.05, 0.1) is 11.9 Å². The van der Waals surface area contributed by atoms with Gasteiger partial charge in [-0.25, -0.2) is 8.42 Å². The fourth-order valence-corrected chi connectivity index (χ4v) is 3.48. The van der Waals surface area contributed by atoms with Gasteiger partial charge in [0.15, 0.2) is 0 Å². The summed E-state index contributed by atoms with van der Waals surface area (Å²) in [5.41, 5.74) is 5.94. The molecule has 1 rings (SSSR count). The molecule has 0 aromatic heterocycles. The molecule has 1 aliphatic rings. The van der Waals surface area contributed by atoms with Crippen LogP contribution >= 0.6 is 0 Å². The van der Waals surface area contributed by atoms with Crippen molar-refractivity contribution < 1.29 is 13.2 Å². The number of hydrogen-bond acceptors (Lipinski definition) is 4. The first-order valence-electron chi connectivity index (χ1n) is 5.38. The first kappa shape index (κ1) is 12.9. The lowest BCUT2D eigenvalue weighted by atomic mass is 9.84. The fraction of sp³-hybridized carbons (Fsp3) is 1.00. The quantitative estimate of drug-likeness (QED) is 0.773. The molecule has 0 bridgehead atoms. The van der Waals surface area contributed by atoms with Gasteiger partial charge in [-0.1, -0.05) is 6.42 Å². The Morgan fingerprint density at radius 2 is 2.13 bits per heavy atom. The van der Waals surface area contributed by atoms with Crippen molar-refractivity contribution in [1.29, 1.82) is 0 Å². The Labute approximate surface area is 92.1 Å². The first-order valence-corrected chi connectivity index (χ1v) is 7.34. The van der Waals surface area contributed by atoms with E-state index >= 15 is 0 Å². The third-order valence-corrected chi connectivity index (χ3v) is 4.88. The molecule has 5 heteroatoms. The van der Waals surface area contributed by atoms with E-state index in [2.05, 4.69) is 0 Å². The van der Waals surface area contributed by atoms with Crippen LogP contribution < -0.4 is 5.73 Å². The molecule has 2 N–H and O–H groups in total. The van der Waals surface area contributed by atoms with Crippen LogP contribution in [-0.4, -0.2) is 39.7 Å². The smallest absolute Gasteiger partial charge is 0.150 e. The van der Waals surface area contributed by atoms with Crippen LogP contribution in [0.1, 0.15) is 25.7 Å². The summed E-state index contributed by atoms with van der Waals surface area (Å²) < 4.78 is 27.9. The van der Waals surface area contributed by atoms with Crippen molar-refractivity contribution in [3.05, 3.63) is 0 Å². The molecule has 0 saturated heterocycles. The van der Waals surface area contributed by atoms with Gasteiger partial charge in [0.2, 0.25) is 0 Å². The van der Waals surface area contributed by atoms with E-state index < -0.39 is 9.84 Å². The second-order valence-electron chi connectivity index (χ2n) is 4.50. The molecular weight excluding hydrogens is 214 g/mol. The highest BCUT2D eigenvalue weighted by Gasteiger charge is 2.31. The number of ether oxygens (including phenoxy) is 1. The molecule has 4 nitrogen and oxygen atoms in total. The summed E-state index contributed by atoms with van der Waals surface area (Å²) in [6, 6.07) is -0.0282. The molecule has 0 aromatic carbocycles. The summed E-state index contributed by atoms with van der Waals surface area (Å²) in [4.78, 5) is 0. The first-order chi connectivity index (χ1) is 6.95. The van der Waals surface area contributed by atoms with Gasteiger partial charge in [-0.15, -0.1) is 0 Å². The number of sulfone groups is 1. The topological polar surface area (TPSA) is 69.4 Å². The van der Waals surface area contributed by atoms with E-state index in [0.717, 1.165) is 19.3 Å². The highest BCUT2D eigenvalue weighted by atomic mass is 32.2. The average Bonchev–Trinajstić information content (AvgIpc) is 2.17. The van der Waals surface area contributed by atoms with Crippen LogP contribution in [0.2, 0.25) is 0 Å². The Balaban J connectivity index is 2.56. The van der Waals surface area contributed by atoms with Crippen LogP contribution in [0.3, 0.4) is 0 Å². The maximum atomic E-state index is 11.4. The minimum atomic E-state index is -2.90. The zero-order valence-electron chi connectivity index (χ0n) is 9.48. The Morgan fingerprint density at radius 1 is 1.47 bits per heavy atom. The molecule has 1 aliphatic carbocycles. The van der Waals surface area contributed by atoms with Gasteiger partial charge in [-0.3, -0.25) is 0 Å². The molecule has 0 spiro atoms. The molecule has 3 unspecified atom stereocenters. The third-order valence-electron chi connectivity index (χ3n) is 3.24. The Morgan fingerprint density at radius 3 is 2.67 bits per heavy atom. The third kappa shape index (κ3) is 3.74. The van der Waals surface area contributed by atoms with Crippen molar-refractivity contribution in [1.82, 2.24) is 0 Å². The van der Waals surface area contributed by atoms with Crippen LogP contribution in [-0.2, 0) is 14.6 Å². The standard InChI is InChI=1S/C10H21NO3S/c1-14-7-10(11)8-4-3-5-9(6-8)15(2,12)13/h8-10H,3-7,11H2,1-2H3. The van der Waals surface area contributed by atoms with Crippen molar-refractivity contribution >= 4 is 9.84 Å². The Kier molecular flexibility index (Phi) is 4.55. The number of rotatable bonds is 4. The van der Waals surface area contributed by atoms with Gasteiger partial charge in [0, 0.05) is 19.4 Å². The van der Waals surface area contributed by atoms with Crippen molar-refractivity contribution in [3.8, 4) is 0 Å². The van der Waals surface area contributed by atoms with Crippen molar-refractivity contribution in [2.75, 3.05) is 20.0 Å². The number of methoxy groups -OCH3 is 1. The van der Waals surface area contributed by atoms with E-state index in [-0.39, 0.29) is 11.3 Å². The van der Waals surface area contributed by atoms with E-state index in [1.54, 1.807) is 7.11 Å². The molecule has 0 aliphatic heterocycles. The van der Waals surface area contributed by atoms with E-state index in [0.29, 0.717) is 18.9 Å². The van der Waals surface area contributed by atoms with Crippen LogP contribution in [0.15, 0.2) is 0 Å². The minimum Gasteiger partial charge on any atom is -0.383 e. The summed E-state index contributed by atoms with van der Waals surface area (Å²) in [6.07, 6.45) is 4.79. The SMILES string of the molecule is COCC(N)C1CCCC(S(C)(=O)=O)C1. The van der Waals surface area contributed by atoms with Crippen LogP contribution in [0.25, 0.3) is 0 Å². The molecule has 0 amide bonds. The lowest BCUT2D eigenvalue weighted by Gasteiger charge is -2.31. The van der Waals surface area contributed by atoms with E-state index in [9.17, 15) is 8.42 Å². The van der Waals surface area contributed by atoms with Gasteiger partial charge in [-0.2, -0.15) is 0 Å². The molecular formula is C10H21NO3S. The van der Waals surface area contributed by atoms with Gasteiger partial charge in [0.1, 0.15) is 9.84 Å². The highest BCUT2D eigenvalue weighted by Crippen LogP contribution is 2.30. The Bertz CT molecular complexity index is 289. The summed E-state index contributed by atoms with van der Waals surface area (Å²) in [5, 5.41) is -0.195. The van der Waals surface area contributed by atoms with Gasteiger partial charge >= 0.3 is 0 Å². The van der Waals surface area contributed by atoms with Crippen LogP contribution in [0, 0.1) is 5.92 Å². The second-order valence-corrected chi connectivity index (χ2v) is 6.82. The largest absolute Gasteiger partial charge is 0.383 e. The molecule has 1 fully saturated rings. The second kappa shape index (κ2) is 5.27. The predicted octanol–water partition coefficient (Wildman–Crippen LogP) is 0.563. The van der Waals surface area contributed by atoms with Gasteiger partial charge in [0.25, 0.3) is 0 Å². The maximum Gasteiger partial charge on any atom is 0.150 e. The molecule has 0 radical (unpaired) electrons. The summed E-state index contributed by atoms with van der Waals surface area (Å²) in [6.45, 7) is 0.515. The van der Waals surface area contributed by atoms with Crippen molar-refractivity contribution in [2.45, 2.75) is 37.0 Å². The van der Waals surface area contributed by atoms with Gasteiger partial charge < -0.3 is 10.5 Å². The van der Waals surface area contributed by atoms with Crippen LogP contribution in [0.5, 0.6) is 0 Å². The maximum absolute atomic E-state index is 11.4. The monoisotopic (exact) mass is 235 g/mol. The minimum absolute atomic E-state index is 0.0282. The average molecular weight is 235 g/mol. The number of nitrogens with two attached hydrogens (primary N) is 1. The molecule has 3 atom stereocenters. The summed E-state index contributed by atoms with van der Waals surface area (Å²) in [5.74, 6) is 0.290. The van der Waals surface area contributed by atoms with Crippen molar-refractivity contribution in [2.24, 2.45) is 11.7 Å². The molecule has 0 aromatic rings. The lowest BCUT2D eigenvalue weighted by molar-refractivity contribution is 0.144. The van der Waals surface area contributed by atoms with E-state index in [4.69, 9.17) is 10.5 Å². The molecule has 15 heavy (non-hydrogen) atoms. The molecule has 90 valence electrons. The predicted molar refractivity (Wildman–Crippen MR) is 60.4 cm³/mol. The van der Waals surface area contributed by atoms with Crippen molar-refractivity contribution in [3.63, 3.8) is 0 Å².